The van der Waals surface area contributed by atoms with Crippen molar-refractivity contribution in [2.45, 2.75) is 25.6 Å². The Kier molecular flexibility index (Phi) is 5.14. The van der Waals surface area contributed by atoms with Crippen molar-refractivity contribution in [1.29, 1.82) is 5.26 Å². The Bertz CT molecular complexity index is 567. The number of carbonyl (C=O) groups is 1. The number of hydrogen-bond donors (Lipinski definition) is 3. The largest absolute Gasteiger partial charge is 0.389 e. The van der Waals surface area contributed by atoms with Gasteiger partial charge in [0.05, 0.1) is 23.5 Å². The highest BCUT2D eigenvalue weighted by molar-refractivity contribution is 5.91. The molecular weight excluding hydrogens is 266 g/mol. The summed E-state index contributed by atoms with van der Waals surface area (Å²) in [6.07, 6.45) is -3.06. The minimum absolute atomic E-state index is 0.00628. The maximum atomic E-state index is 10.9. The Balaban J connectivity index is 3.13. The van der Waals surface area contributed by atoms with E-state index in [2.05, 4.69) is 5.32 Å². The number of aliphatic hydroxyl groups excluding tert-OH is 2. The second kappa shape index (κ2) is 6.60. The SMILES string of the molecule is CC(=O)Nc1ccc(C(O)C(O)CC#N)cc1[N+](=O)[O-]. The van der Waals surface area contributed by atoms with Gasteiger partial charge in [-0.25, -0.2) is 0 Å². The molecule has 0 aromatic heterocycles. The molecule has 1 rings (SSSR count). The molecule has 0 saturated heterocycles. The number of carbonyl (C=O) groups excluding carboxylic acids is 1. The van der Waals surface area contributed by atoms with Gasteiger partial charge in [0.15, 0.2) is 0 Å². The Labute approximate surface area is 114 Å². The van der Waals surface area contributed by atoms with Gasteiger partial charge >= 0.3 is 0 Å². The minimum atomic E-state index is -1.42. The Morgan fingerprint density at radius 1 is 1.55 bits per heavy atom. The quantitative estimate of drug-likeness (QED) is 0.540. The molecule has 0 aliphatic rings. The van der Waals surface area contributed by atoms with E-state index in [0.717, 1.165) is 6.07 Å². The number of anilines is 1. The van der Waals surface area contributed by atoms with Crippen molar-refractivity contribution in [3.05, 3.63) is 33.9 Å². The van der Waals surface area contributed by atoms with Crippen LogP contribution in [0.4, 0.5) is 11.4 Å². The summed E-state index contributed by atoms with van der Waals surface area (Å²) >= 11 is 0. The molecule has 0 saturated carbocycles. The molecule has 0 radical (unpaired) electrons. The molecule has 3 N–H and O–H groups in total. The Hall–Kier alpha value is -2.50. The topological polar surface area (TPSA) is 136 Å². The van der Waals surface area contributed by atoms with Gasteiger partial charge in [0.1, 0.15) is 11.8 Å². The molecule has 1 aromatic rings. The van der Waals surface area contributed by atoms with Gasteiger partial charge < -0.3 is 15.5 Å². The van der Waals surface area contributed by atoms with Gasteiger partial charge in [-0.2, -0.15) is 5.26 Å². The molecule has 0 spiro atoms. The number of amides is 1. The lowest BCUT2D eigenvalue weighted by molar-refractivity contribution is -0.384. The van der Waals surface area contributed by atoms with Crippen molar-refractivity contribution >= 4 is 17.3 Å². The zero-order valence-corrected chi connectivity index (χ0v) is 10.6. The van der Waals surface area contributed by atoms with E-state index in [1.165, 1.54) is 19.1 Å². The molecule has 8 heteroatoms. The summed E-state index contributed by atoms with van der Waals surface area (Å²) in [5.74, 6) is -0.467. The highest BCUT2D eigenvalue weighted by Gasteiger charge is 2.22. The maximum Gasteiger partial charge on any atom is 0.293 e. The average Bonchev–Trinajstić information content (AvgIpc) is 2.37. The highest BCUT2D eigenvalue weighted by Crippen LogP contribution is 2.29. The van der Waals surface area contributed by atoms with E-state index in [9.17, 15) is 25.1 Å². The van der Waals surface area contributed by atoms with E-state index < -0.39 is 28.7 Å². The van der Waals surface area contributed by atoms with Crippen molar-refractivity contribution in [2.75, 3.05) is 5.32 Å². The standard InChI is InChI=1S/C12H13N3O5/c1-7(16)14-9-3-2-8(6-10(9)15(19)20)12(18)11(17)4-5-13/h2-3,6,11-12,17-18H,4H2,1H3,(H,14,16). The van der Waals surface area contributed by atoms with Crippen molar-refractivity contribution in [3.8, 4) is 6.07 Å². The third-order valence-corrected chi connectivity index (χ3v) is 2.54. The van der Waals surface area contributed by atoms with Crippen molar-refractivity contribution in [2.24, 2.45) is 0 Å². The predicted octanol–water partition coefficient (Wildman–Crippen LogP) is 0.861. The summed E-state index contributed by atoms with van der Waals surface area (Å²) in [4.78, 5) is 21.2. The van der Waals surface area contributed by atoms with Gasteiger partial charge in [0.25, 0.3) is 5.69 Å². The zero-order valence-electron chi connectivity index (χ0n) is 10.6. The normalized spacial score (nSPS) is 13.1. The molecule has 20 heavy (non-hydrogen) atoms. The summed E-state index contributed by atoms with van der Waals surface area (Å²) in [5, 5.41) is 41.0. The maximum absolute atomic E-state index is 10.9. The summed E-state index contributed by atoms with van der Waals surface area (Å²) in [6.45, 7) is 1.21. The van der Waals surface area contributed by atoms with Crippen LogP contribution in [0.1, 0.15) is 25.0 Å². The highest BCUT2D eigenvalue weighted by atomic mass is 16.6. The van der Waals surface area contributed by atoms with E-state index in [0.29, 0.717) is 0 Å². The third-order valence-electron chi connectivity index (χ3n) is 2.54. The van der Waals surface area contributed by atoms with Gasteiger partial charge in [0.2, 0.25) is 5.91 Å². The Morgan fingerprint density at radius 3 is 2.70 bits per heavy atom. The van der Waals surface area contributed by atoms with Crippen LogP contribution in [0, 0.1) is 21.4 Å². The van der Waals surface area contributed by atoms with Crippen LogP contribution < -0.4 is 5.32 Å². The van der Waals surface area contributed by atoms with Crippen LogP contribution in [0.15, 0.2) is 18.2 Å². The van der Waals surface area contributed by atoms with E-state index in [4.69, 9.17) is 5.26 Å². The van der Waals surface area contributed by atoms with E-state index in [1.54, 1.807) is 6.07 Å². The lowest BCUT2D eigenvalue weighted by Gasteiger charge is -2.16. The minimum Gasteiger partial charge on any atom is -0.389 e. The van der Waals surface area contributed by atoms with E-state index in [-0.39, 0.29) is 17.7 Å². The van der Waals surface area contributed by atoms with Crippen LogP contribution in [-0.2, 0) is 4.79 Å². The molecule has 0 aliphatic carbocycles. The fourth-order valence-electron chi connectivity index (χ4n) is 1.61. The molecule has 8 nitrogen and oxygen atoms in total. The first-order valence-corrected chi connectivity index (χ1v) is 5.65. The molecule has 1 aromatic carbocycles. The molecular formula is C12H13N3O5. The van der Waals surface area contributed by atoms with Crippen LogP contribution in [0.25, 0.3) is 0 Å². The first-order chi connectivity index (χ1) is 9.36. The lowest BCUT2D eigenvalue weighted by Crippen LogP contribution is -2.18. The number of nitrogens with zero attached hydrogens (tertiary/aromatic N) is 2. The monoisotopic (exact) mass is 279 g/mol. The van der Waals surface area contributed by atoms with E-state index in [1.807, 2.05) is 0 Å². The second-order valence-electron chi connectivity index (χ2n) is 4.09. The molecule has 0 heterocycles. The number of nitro groups is 1. The first kappa shape index (κ1) is 15.6. The smallest absolute Gasteiger partial charge is 0.293 e. The van der Waals surface area contributed by atoms with Crippen LogP contribution in [0.2, 0.25) is 0 Å². The predicted molar refractivity (Wildman–Crippen MR) is 68.6 cm³/mol. The number of nitrogens with one attached hydrogen (secondary N) is 1. The van der Waals surface area contributed by atoms with Gasteiger partial charge in [-0.05, 0) is 11.6 Å². The molecule has 0 bridgehead atoms. The van der Waals surface area contributed by atoms with Crippen LogP contribution >= 0.6 is 0 Å². The number of benzene rings is 1. The van der Waals surface area contributed by atoms with Crippen molar-refractivity contribution in [1.82, 2.24) is 0 Å². The molecule has 2 unspecified atom stereocenters. The number of rotatable bonds is 5. The number of nitro benzene ring substituents is 1. The molecule has 0 aliphatic heterocycles. The van der Waals surface area contributed by atoms with Gasteiger partial charge in [-0.3, -0.25) is 14.9 Å². The van der Waals surface area contributed by atoms with Gasteiger partial charge in [0, 0.05) is 13.0 Å². The van der Waals surface area contributed by atoms with Crippen LogP contribution in [0.3, 0.4) is 0 Å². The fraction of sp³-hybridized carbons (Fsp3) is 0.333. The van der Waals surface area contributed by atoms with Crippen molar-refractivity contribution in [3.63, 3.8) is 0 Å². The fourth-order valence-corrected chi connectivity index (χ4v) is 1.61. The molecule has 2 atom stereocenters. The summed E-state index contributed by atoms with van der Waals surface area (Å²) in [6, 6.07) is 5.34. The Morgan fingerprint density at radius 2 is 2.20 bits per heavy atom. The third kappa shape index (κ3) is 3.74. The molecule has 0 fully saturated rings. The second-order valence-corrected chi connectivity index (χ2v) is 4.09. The molecule has 1 amide bonds. The summed E-state index contributed by atoms with van der Waals surface area (Å²) < 4.78 is 0. The van der Waals surface area contributed by atoms with Gasteiger partial charge in [-0.1, -0.05) is 6.07 Å². The first-order valence-electron chi connectivity index (χ1n) is 5.65. The number of nitriles is 1. The van der Waals surface area contributed by atoms with Crippen LogP contribution in [-0.4, -0.2) is 27.1 Å². The van der Waals surface area contributed by atoms with Crippen molar-refractivity contribution < 1.29 is 19.9 Å². The summed E-state index contributed by atoms with van der Waals surface area (Å²) in [5.41, 5.74) is -0.317. The van der Waals surface area contributed by atoms with Gasteiger partial charge in [-0.15, -0.1) is 0 Å². The number of hydrogen-bond acceptors (Lipinski definition) is 6. The average molecular weight is 279 g/mol. The molecule has 106 valence electrons. The van der Waals surface area contributed by atoms with E-state index >= 15 is 0 Å². The lowest BCUT2D eigenvalue weighted by atomic mass is 10.0. The summed E-state index contributed by atoms with van der Waals surface area (Å²) in [7, 11) is 0. The number of aliphatic hydroxyl groups is 2. The van der Waals surface area contributed by atoms with Crippen LogP contribution in [0.5, 0.6) is 0 Å². The zero-order chi connectivity index (χ0) is 15.3.